The van der Waals surface area contributed by atoms with Crippen molar-refractivity contribution in [3.63, 3.8) is 0 Å². The molecule has 0 aliphatic rings. The van der Waals surface area contributed by atoms with Crippen molar-refractivity contribution in [3.05, 3.63) is 30.5 Å². The minimum atomic E-state index is -3.58. The molecule has 2 aromatic heterocycles. The van der Waals surface area contributed by atoms with Gasteiger partial charge >= 0.3 is 0 Å². The van der Waals surface area contributed by atoms with E-state index >= 15 is 0 Å². The third kappa shape index (κ3) is 4.50. The summed E-state index contributed by atoms with van der Waals surface area (Å²) in [5, 5.41) is 6.69. The lowest BCUT2D eigenvalue weighted by atomic mass is 10.4. The van der Waals surface area contributed by atoms with Crippen LogP contribution >= 0.6 is 0 Å². The van der Waals surface area contributed by atoms with Crippen LogP contribution in [0.1, 0.15) is 19.2 Å². The lowest BCUT2D eigenvalue weighted by Gasteiger charge is -2.07. The quantitative estimate of drug-likeness (QED) is 0.742. The number of anilines is 1. The van der Waals surface area contributed by atoms with Gasteiger partial charge in [-0.25, -0.2) is 18.1 Å². The lowest BCUT2D eigenvalue weighted by molar-refractivity contribution is 0.410. The third-order valence-corrected chi connectivity index (χ3v) is 4.10. The molecule has 0 atom stereocenters. The van der Waals surface area contributed by atoms with Gasteiger partial charge in [0.2, 0.25) is 16.4 Å². The summed E-state index contributed by atoms with van der Waals surface area (Å²) in [4.78, 5) is 8.01. The highest BCUT2D eigenvalue weighted by molar-refractivity contribution is 7.89. The van der Waals surface area contributed by atoms with Crippen LogP contribution in [0.15, 0.2) is 34.1 Å². The van der Waals surface area contributed by atoms with Crippen molar-refractivity contribution in [2.45, 2.75) is 24.7 Å². The van der Waals surface area contributed by atoms with E-state index in [4.69, 9.17) is 0 Å². The molecule has 9 heteroatoms. The number of nitrogens with zero attached hydrogens (tertiary/aromatic N) is 3. The predicted octanol–water partition coefficient (Wildman–Crippen LogP) is 0.807. The number of nitrogens with one attached hydrogen (secondary N) is 2. The molecule has 8 nitrogen and oxygen atoms in total. The van der Waals surface area contributed by atoms with Gasteiger partial charge in [-0.05, 0) is 18.6 Å². The molecule has 0 saturated heterocycles. The molecule has 0 aromatic carbocycles. The number of hydrogen-bond acceptors (Lipinski definition) is 7. The zero-order valence-corrected chi connectivity index (χ0v) is 12.4. The van der Waals surface area contributed by atoms with Crippen molar-refractivity contribution >= 4 is 15.8 Å². The zero-order chi connectivity index (χ0) is 15.1. The maximum Gasteiger partial charge on any atom is 0.242 e. The lowest BCUT2D eigenvalue weighted by Crippen LogP contribution is -2.26. The van der Waals surface area contributed by atoms with Gasteiger partial charge in [0.15, 0.2) is 5.82 Å². The second-order valence-corrected chi connectivity index (χ2v) is 6.07. The van der Waals surface area contributed by atoms with Gasteiger partial charge in [0, 0.05) is 25.7 Å². The fourth-order valence-electron chi connectivity index (χ4n) is 1.58. The Labute approximate surface area is 123 Å². The first-order chi connectivity index (χ1) is 10.1. The van der Waals surface area contributed by atoms with Gasteiger partial charge < -0.3 is 9.84 Å². The Kier molecular flexibility index (Phi) is 5.23. The number of aromatic nitrogens is 3. The van der Waals surface area contributed by atoms with Crippen molar-refractivity contribution in [1.29, 1.82) is 0 Å². The summed E-state index contributed by atoms with van der Waals surface area (Å²) in [7, 11) is -3.58. The molecule has 0 bridgehead atoms. The molecule has 0 saturated carbocycles. The van der Waals surface area contributed by atoms with E-state index in [-0.39, 0.29) is 11.4 Å². The first-order valence-corrected chi connectivity index (χ1v) is 8.05. The van der Waals surface area contributed by atoms with E-state index < -0.39 is 10.0 Å². The summed E-state index contributed by atoms with van der Waals surface area (Å²) in [5.74, 6) is 1.11. The summed E-state index contributed by atoms with van der Waals surface area (Å²) in [6.07, 6.45) is 3.86. The van der Waals surface area contributed by atoms with Gasteiger partial charge in [-0.3, -0.25) is 0 Å². The van der Waals surface area contributed by atoms with Crippen LogP contribution in [-0.2, 0) is 16.4 Å². The molecule has 21 heavy (non-hydrogen) atoms. The summed E-state index contributed by atoms with van der Waals surface area (Å²) in [5.41, 5.74) is 0. The second kappa shape index (κ2) is 7.14. The number of hydrogen-bond donors (Lipinski definition) is 2. The third-order valence-electron chi connectivity index (χ3n) is 2.65. The monoisotopic (exact) mass is 311 g/mol. The van der Waals surface area contributed by atoms with Crippen molar-refractivity contribution in [1.82, 2.24) is 19.8 Å². The standard InChI is InChI=1S/C12H17N5O3S/c1-2-6-13-11-4-3-10(8-14-11)21(18,19)16-7-5-12-15-9-20-17-12/h3-4,8-9,16H,2,5-7H2,1H3,(H,13,14). The molecule has 2 N–H and O–H groups in total. The van der Waals surface area contributed by atoms with E-state index in [1.807, 2.05) is 6.92 Å². The SMILES string of the molecule is CCCNc1ccc(S(=O)(=O)NCCc2ncon2)cn1. The van der Waals surface area contributed by atoms with E-state index in [2.05, 4.69) is 29.7 Å². The Bertz CT molecular complexity index is 640. The van der Waals surface area contributed by atoms with Crippen molar-refractivity contribution in [2.24, 2.45) is 0 Å². The molecule has 114 valence electrons. The summed E-state index contributed by atoms with van der Waals surface area (Å²) in [6.45, 7) is 3.03. The Morgan fingerprint density at radius 3 is 2.71 bits per heavy atom. The minimum Gasteiger partial charge on any atom is -0.370 e. The van der Waals surface area contributed by atoms with E-state index in [0.29, 0.717) is 18.1 Å². The van der Waals surface area contributed by atoms with Gasteiger partial charge in [-0.1, -0.05) is 12.1 Å². The van der Waals surface area contributed by atoms with Crippen LogP contribution < -0.4 is 10.0 Å². The van der Waals surface area contributed by atoms with Crippen molar-refractivity contribution in [2.75, 3.05) is 18.4 Å². The maximum atomic E-state index is 12.1. The van der Waals surface area contributed by atoms with E-state index in [9.17, 15) is 8.42 Å². The first kappa shape index (κ1) is 15.4. The molecule has 0 spiro atoms. The van der Waals surface area contributed by atoms with Crippen LogP contribution in [0.5, 0.6) is 0 Å². The average molecular weight is 311 g/mol. The number of sulfonamides is 1. The van der Waals surface area contributed by atoms with Gasteiger partial charge in [0.05, 0.1) is 0 Å². The maximum absolute atomic E-state index is 12.1. The fraction of sp³-hybridized carbons (Fsp3) is 0.417. The van der Waals surface area contributed by atoms with Gasteiger partial charge in [0.1, 0.15) is 10.7 Å². The molecular weight excluding hydrogens is 294 g/mol. The van der Waals surface area contributed by atoms with E-state index in [1.54, 1.807) is 6.07 Å². The molecule has 0 unspecified atom stereocenters. The van der Waals surface area contributed by atoms with Crippen LogP contribution in [0.4, 0.5) is 5.82 Å². The van der Waals surface area contributed by atoms with Gasteiger partial charge in [-0.2, -0.15) is 4.98 Å². The minimum absolute atomic E-state index is 0.123. The highest BCUT2D eigenvalue weighted by Crippen LogP contribution is 2.10. The molecule has 0 amide bonds. The summed E-state index contributed by atoms with van der Waals surface area (Å²) < 4.78 is 31.1. The number of pyridine rings is 1. The number of rotatable bonds is 8. The van der Waals surface area contributed by atoms with E-state index in [1.165, 1.54) is 18.7 Å². The normalized spacial score (nSPS) is 11.5. The molecule has 0 fully saturated rings. The Morgan fingerprint density at radius 2 is 2.10 bits per heavy atom. The highest BCUT2D eigenvalue weighted by atomic mass is 32.2. The zero-order valence-electron chi connectivity index (χ0n) is 11.6. The summed E-state index contributed by atoms with van der Waals surface area (Å²) in [6, 6.07) is 3.16. The van der Waals surface area contributed by atoms with Crippen LogP contribution in [0, 0.1) is 0 Å². The molecule has 0 radical (unpaired) electrons. The molecule has 2 rings (SSSR count). The van der Waals surface area contributed by atoms with Crippen LogP contribution in [0.3, 0.4) is 0 Å². The average Bonchev–Trinajstić information content (AvgIpc) is 2.98. The van der Waals surface area contributed by atoms with Gasteiger partial charge in [-0.15, -0.1) is 0 Å². The highest BCUT2D eigenvalue weighted by Gasteiger charge is 2.14. The Balaban J connectivity index is 1.92. The largest absolute Gasteiger partial charge is 0.370 e. The smallest absolute Gasteiger partial charge is 0.242 e. The van der Waals surface area contributed by atoms with Crippen molar-refractivity contribution in [3.8, 4) is 0 Å². The van der Waals surface area contributed by atoms with Gasteiger partial charge in [0.25, 0.3) is 0 Å². The predicted molar refractivity (Wildman–Crippen MR) is 76.2 cm³/mol. The van der Waals surface area contributed by atoms with Crippen molar-refractivity contribution < 1.29 is 12.9 Å². The van der Waals surface area contributed by atoms with Crippen LogP contribution in [0.25, 0.3) is 0 Å². The molecule has 2 heterocycles. The van der Waals surface area contributed by atoms with Crippen LogP contribution in [-0.4, -0.2) is 36.6 Å². The topological polar surface area (TPSA) is 110 Å². The fourth-order valence-corrected chi connectivity index (χ4v) is 2.56. The summed E-state index contributed by atoms with van der Waals surface area (Å²) >= 11 is 0. The molecular formula is C12H17N5O3S. The van der Waals surface area contributed by atoms with Crippen LogP contribution in [0.2, 0.25) is 0 Å². The molecule has 0 aliphatic carbocycles. The Morgan fingerprint density at radius 1 is 1.24 bits per heavy atom. The second-order valence-electron chi connectivity index (χ2n) is 4.30. The first-order valence-electron chi connectivity index (χ1n) is 6.56. The van der Waals surface area contributed by atoms with E-state index in [0.717, 1.165) is 13.0 Å². The molecule has 2 aromatic rings. The Hall–Kier alpha value is -2.00. The molecule has 0 aliphatic heterocycles.